The van der Waals surface area contributed by atoms with E-state index in [4.69, 9.17) is 9.26 Å². The molecule has 0 spiro atoms. The van der Waals surface area contributed by atoms with E-state index in [0.29, 0.717) is 34.5 Å². The van der Waals surface area contributed by atoms with Crippen LogP contribution in [0.2, 0.25) is 0 Å². The van der Waals surface area contributed by atoms with Crippen LogP contribution in [0.3, 0.4) is 0 Å². The van der Waals surface area contributed by atoms with E-state index < -0.39 is 16.0 Å². The summed E-state index contributed by atoms with van der Waals surface area (Å²) in [7, 11) is -3.76. The Hall–Kier alpha value is -1.71. The van der Waals surface area contributed by atoms with Crippen molar-refractivity contribution in [2.45, 2.75) is 37.6 Å². The number of halogens is 1. The smallest absolute Gasteiger partial charge is 0.338 e. The van der Waals surface area contributed by atoms with Crippen molar-refractivity contribution in [2.75, 3.05) is 13.2 Å². The van der Waals surface area contributed by atoms with E-state index in [9.17, 15) is 13.2 Å². The lowest BCUT2D eigenvalue weighted by Crippen LogP contribution is -2.31. The first kappa shape index (κ1) is 19.1. The molecule has 1 aliphatic heterocycles. The maximum Gasteiger partial charge on any atom is 0.338 e. The van der Waals surface area contributed by atoms with Gasteiger partial charge in [-0.3, -0.25) is 0 Å². The molecule has 26 heavy (non-hydrogen) atoms. The monoisotopic (exact) mass is 442 g/mol. The fourth-order valence-electron chi connectivity index (χ4n) is 3.04. The summed E-state index contributed by atoms with van der Waals surface area (Å²) >= 11 is 3.28. The van der Waals surface area contributed by atoms with Crippen LogP contribution in [-0.2, 0) is 14.8 Å². The van der Waals surface area contributed by atoms with Crippen LogP contribution in [0, 0.1) is 6.92 Å². The average molecular weight is 443 g/mol. The van der Waals surface area contributed by atoms with Gasteiger partial charge in [0, 0.05) is 17.1 Å². The number of rotatable bonds is 5. The highest BCUT2D eigenvalue weighted by atomic mass is 79.9. The molecule has 0 aliphatic carbocycles. The number of benzene rings is 1. The first-order valence-electron chi connectivity index (χ1n) is 8.26. The molecule has 1 fully saturated rings. The quantitative estimate of drug-likeness (QED) is 0.658. The Labute approximate surface area is 160 Å². The van der Waals surface area contributed by atoms with Crippen LogP contribution in [0.5, 0.6) is 0 Å². The van der Waals surface area contributed by atoms with Crippen molar-refractivity contribution in [3.63, 3.8) is 0 Å². The fourth-order valence-corrected chi connectivity index (χ4v) is 5.75. The molecule has 0 amide bonds. The van der Waals surface area contributed by atoms with Gasteiger partial charge in [0.1, 0.15) is 11.5 Å². The highest BCUT2D eigenvalue weighted by Crippen LogP contribution is 2.38. The van der Waals surface area contributed by atoms with Gasteiger partial charge < -0.3 is 9.26 Å². The predicted molar refractivity (Wildman–Crippen MR) is 97.2 cm³/mol. The number of aryl methyl sites for hydroxylation is 1. The molecule has 3 rings (SSSR count). The van der Waals surface area contributed by atoms with Crippen LogP contribution in [0.1, 0.15) is 47.6 Å². The van der Waals surface area contributed by atoms with Crippen LogP contribution < -0.4 is 0 Å². The molecule has 9 heteroatoms. The third kappa shape index (κ3) is 3.56. The van der Waals surface area contributed by atoms with E-state index in [1.807, 2.05) is 0 Å². The van der Waals surface area contributed by atoms with Crippen molar-refractivity contribution in [1.29, 1.82) is 0 Å². The second-order valence-electron chi connectivity index (χ2n) is 6.00. The third-order valence-electron chi connectivity index (χ3n) is 4.22. The van der Waals surface area contributed by atoms with Crippen molar-refractivity contribution < 1.29 is 22.5 Å². The maximum atomic E-state index is 13.2. The topological polar surface area (TPSA) is 89.7 Å². The minimum atomic E-state index is -3.76. The molecule has 0 unspecified atom stereocenters. The molecule has 140 valence electrons. The van der Waals surface area contributed by atoms with Gasteiger partial charge in [0.2, 0.25) is 10.0 Å². The average Bonchev–Trinajstić information content (AvgIpc) is 3.23. The van der Waals surface area contributed by atoms with Crippen molar-refractivity contribution in [2.24, 2.45) is 0 Å². The summed E-state index contributed by atoms with van der Waals surface area (Å²) in [6.07, 6.45) is 1.43. The number of esters is 1. The number of ether oxygens (including phenoxy) is 1. The number of carbonyl (C=O) groups is 1. The summed E-state index contributed by atoms with van der Waals surface area (Å²) in [6, 6.07) is 5.76. The number of hydrogen-bond acceptors (Lipinski definition) is 6. The van der Waals surface area contributed by atoms with Gasteiger partial charge in [0.25, 0.3) is 0 Å². The normalized spacial score (nSPS) is 18.2. The lowest BCUT2D eigenvalue weighted by atomic mass is 10.1. The van der Waals surface area contributed by atoms with Gasteiger partial charge in [-0.05, 0) is 60.8 Å². The van der Waals surface area contributed by atoms with E-state index >= 15 is 0 Å². The van der Waals surface area contributed by atoms with Crippen LogP contribution in [0.25, 0.3) is 0 Å². The standard InChI is InChI=1S/C17H19BrN2O5S/c1-3-24-17(21)12-6-7-16(13(18)10-12)26(22,23)20-8-4-5-15(20)14-9-11(2)25-19-14/h6-7,9-10,15H,3-5,8H2,1-2H3/t15-/m1/s1. The van der Waals surface area contributed by atoms with Crippen LogP contribution in [0.4, 0.5) is 0 Å². The lowest BCUT2D eigenvalue weighted by molar-refractivity contribution is 0.0526. The van der Waals surface area contributed by atoms with Gasteiger partial charge >= 0.3 is 5.97 Å². The SMILES string of the molecule is CCOC(=O)c1ccc(S(=O)(=O)N2CCC[C@@H]2c2cc(C)on2)c(Br)c1. The molecule has 1 atom stereocenters. The molecule has 0 radical (unpaired) electrons. The van der Waals surface area contributed by atoms with E-state index in [1.165, 1.54) is 22.5 Å². The molecule has 0 bridgehead atoms. The third-order valence-corrected chi connectivity index (χ3v) is 7.11. The van der Waals surface area contributed by atoms with Gasteiger partial charge in [-0.2, -0.15) is 4.31 Å². The van der Waals surface area contributed by atoms with Gasteiger partial charge in [0.15, 0.2) is 0 Å². The van der Waals surface area contributed by atoms with Crippen LogP contribution in [0.15, 0.2) is 38.2 Å². The van der Waals surface area contributed by atoms with Crippen molar-refractivity contribution in [3.8, 4) is 0 Å². The number of hydrogen-bond donors (Lipinski definition) is 0. The maximum absolute atomic E-state index is 13.2. The van der Waals surface area contributed by atoms with E-state index in [0.717, 1.165) is 6.42 Å². The lowest BCUT2D eigenvalue weighted by Gasteiger charge is -2.23. The molecular formula is C17H19BrN2O5S. The van der Waals surface area contributed by atoms with E-state index in [-0.39, 0.29) is 17.5 Å². The number of carbonyl (C=O) groups excluding carboxylic acids is 1. The fraction of sp³-hybridized carbons (Fsp3) is 0.412. The molecule has 2 heterocycles. The zero-order chi connectivity index (χ0) is 18.9. The number of nitrogens with zero attached hydrogens (tertiary/aromatic N) is 2. The molecule has 1 aromatic heterocycles. The summed E-state index contributed by atoms with van der Waals surface area (Å²) < 4.78 is 38.2. The van der Waals surface area contributed by atoms with Crippen molar-refractivity contribution in [3.05, 3.63) is 45.8 Å². The Kier molecular flexibility index (Phi) is 5.50. The number of sulfonamides is 1. The summed E-state index contributed by atoms with van der Waals surface area (Å²) in [6.45, 7) is 4.15. The molecule has 1 aromatic carbocycles. The molecule has 0 saturated carbocycles. The second kappa shape index (κ2) is 7.50. The zero-order valence-corrected chi connectivity index (χ0v) is 16.8. The van der Waals surface area contributed by atoms with E-state index in [2.05, 4.69) is 21.1 Å². The highest BCUT2D eigenvalue weighted by molar-refractivity contribution is 9.10. The first-order valence-corrected chi connectivity index (χ1v) is 10.5. The second-order valence-corrected chi connectivity index (χ2v) is 8.72. The van der Waals surface area contributed by atoms with Crippen LogP contribution >= 0.6 is 15.9 Å². The Morgan fingerprint density at radius 2 is 2.19 bits per heavy atom. The molecule has 1 saturated heterocycles. The molecular weight excluding hydrogens is 424 g/mol. The first-order chi connectivity index (χ1) is 12.3. The minimum absolute atomic E-state index is 0.109. The van der Waals surface area contributed by atoms with E-state index in [1.54, 1.807) is 19.9 Å². The van der Waals surface area contributed by atoms with Gasteiger partial charge in [-0.1, -0.05) is 5.16 Å². The Bertz CT molecular complexity index is 925. The Morgan fingerprint density at radius 1 is 1.42 bits per heavy atom. The zero-order valence-electron chi connectivity index (χ0n) is 14.4. The molecule has 0 N–H and O–H groups in total. The number of aromatic nitrogens is 1. The van der Waals surface area contributed by atoms with Gasteiger partial charge in [0.05, 0.1) is 23.1 Å². The Morgan fingerprint density at radius 3 is 2.81 bits per heavy atom. The molecule has 2 aromatic rings. The van der Waals surface area contributed by atoms with Crippen molar-refractivity contribution >= 4 is 31.9 Å². The van der Waals surface area contributed by atoms with Crippen LogP contribution in [-0.4, -0.2) is 37.0 Å². The summed E-state index contributed by atoms with van der Waals surface area (Å²) in [4.78, 5) is 11.9. The molecule has 1 aliphatic rings. The minimum Gasteiger partial charge on any atom is -0.462 e. The largest absolute Gasteiger partial charge is 0.462 e. The van der Waals surface area contributed by atoms with Crippen molar-refractivity contribution in [1.82, 2.24) is 9.46 Å². The molecule has 7 nitrogen and oxygen atoms in total. The predicted octanol–water partition coefficient (Wildman–Crippen LogP) is 3.45. The summed E-state index contributed by atoms with van der Waals surface area (Å²) in [5.41, 5.74) is 0.908. The Balaban J connectivity index is 1.93. The summed E-state index contributed by atoms with van der Waals surface area (Å²) in [5.74, 6) is 0.151. The van der Waals surface area contributed by atoms with Gasteiger partial charge in [-0.15, -0.1) is 0 Å². The highest BCUT2D eigenvalue weighted by Gasteiger charge is 2.38. The van der Waals surface area contributed by atoms with Gasteiger partial charge in [-0.25, -0.2) is 13.2 Å². The summed E-state index contributed by atoms with van der Waals surface area (Å²) in [5, 5.41) is 3.98.